The Morgan fingerprint density at radius 2 is 2.30 bits per heavy atom. The molecular weight excluding hydrogens is 288 g/mol. The van der Waals surface area contributed by atoms with E-state index in [2.05, 4.69) is 26.9 Å². The summed E-state index contributed by atoms with van der Waals surface area (Å²) >= 11 is 0. The number of fused-ring (bicyclic) bond motifs is 3. The average molecular weight is 308 g/mol. The first-order valence-corrected chi connectivity index (χ1v) is 8.23. The van der Waals surface area contributed by atoms with Gasteiger partial charge in [0.15, 0.2) is 0 Å². The second kappa shape index (κ2) is 5.96. The molecule has 1 unspecified atom stereocenters. The Morgan fingerprint density at radius 1 is 1.35 bits per heavy atom. The Hall–Kier alpha value is -2.48. The van der Waals surface area contributed by atoms with E-state index in [0.717, 1.165) is 18.7 Å². The highest BCUT2D eigenvalue weighted by atomic mass is 16.5. The molecular formula is C18H20N4O. The minimum absolute atomic E-state index is 0.446. The highest BCUT2D eigenvalue weighted by Gasteiger charge is 2.36. The van der Waals surface area contributed by atoms with Crippen molar-refractivity contribution in [2.45, 2.75) is 31.9 Å². The molecule has 0 spiro atoms. The summed E-state index contributed by atoms with van der Waals surface area (Å²) in [5, 5.41) is 8.96. The Balaban J connectivity index is 1.44. The highest BCUT2D eigenvalue weighted by molar-refractivity contribution is 5.89. The summed E-state index contributed by atoms with van der Waals surface area (Å²) in [6, 6.07) is 10.3. The number of nitriles is 1. The number of rotatable bonds is 2. The predicted molar refractivity (Wildman–Crippen MR) is 87.4 cm³/mol. The molecule has 0 N–H and O–H groups in total. The van der Waals surface area contributed by atoms with Gasteiger partial charge >= 0.3 is 0 Å². The van der Waals surface area contributed by atoms with E-state index in [1.807, 2.05) is 18.2 Å². The van der Waals surface area contributed by atoms with Crippen molar-refractivity contribution in [1.29, 1.82) is 5.26 Å². The predicted octanol–water partition coefficient (Wildman–Crippen LogP) is 2.46. The van der Waals surface area contributed by atoms with Gasteiger partial charge in [-0.3, -0.25) is 0 Å². The fourth-order valence-electron chi connectivity index (χ4n) is 3.61. The standard InChI is InChI=1S/C18H20N4O/c19-10-14-4-3-5-15(8-14)12-23-17-9-18-21(13-20-17)11-16-6-1-2-7-22(16)18/h3-5,8-9,16H,1-2,6-7,11-13H2. The molecule has 0 saturated carbocycles. The number of hydrogen-bond donors (Lipinski definition) is 0. The molecule has 5 nitrogen and oxygen atoms in total. The van der Waals surface area contributed by atoms with Crippen molar-refractivity contribution in [1.82, 2.24) is 9.80 Å². The van der Waals surface area contributed by atoms with Crippen LogP contribution in [0.1, 0.15) is 30.4 Å². The van der Waals surface area contributed by atoms with Crippen LogP contribution in [0.3, 0.4) is 0 Å². The van der Waals surface area contributed by atoms with Crippen LogP contribution in [0, 0.1) is 11.3 Å². The van der Waals surface area contributed by atoms with Crippen LogP contribution >= 0.6 is 0 Å². The minimum atomic E-state index is 0.446. The van der Waals surface area contributed by atoms with Gasteiger partial charge < -0.3 is 14.5 Å². The molecule has 3 heterocycles. The lowest BCUT2D eigenvalue weighted by Crippen LogP contribution is -2.35. The van der Waals surface area contributed by atoms with Gasteiger partial charge in [-0.05, 0) is 37.0 Å². The summed E-state index contributed by atoms with van der Waals surface area (Å²) in [7, 11) is 0. The molecule has 3 aliphatic heterocycles. The molecule has 0 amide bonds. The summed E-state index contributed by atoms with van der Waals surface area (Å²) < 4.78 is 5.87. The Morgan fingerprint density at radius 3 is 3.22 bits per heavy atom. The third kappa shape index (κ3) is 2.77. The van der Waals surface area contributed by atoms with Gasteiger partial charge in [-0.2, -0.15) is 5.26 Å². The zero-order valence-electron chi connectivity index (χ0n) is 13.1. The van der Waals surface area contributed by atoms with Crippen LogP contribution in [0.4, 0.5) is 0 Å². The lowest BCUT2D eigenvalue weighted by molar-refractivity contribution is 0.232. The maximum Gasteiger partial charge on any atom is 0.214 e. The average Bonchev–Trinajstić information content (AvgIpc) is 2.98. The first-order chi connectivity index (χ1) is 11.3. The first-order valence-electron chi connectivity index (χ1n) is 8.23. The number of aliphatic imine (C=N–C) groups is 1. The summed E-state index contributed by atoms with van der Waals surface area (Å²) in [6.07, 6.45) is 5.96. The van der Waals surface area contributed by atoms with Crippen LogP contribution in [-0.2, 0) is 11.3 Å². The third-order valence-corrected chi connectivity index (χ3v) is 4.77. The summed E-state index contributed by atoms with van der Waals surface area (Å²) in [5.74, 6) is 1.97. The van der Waals surface area contributed by atoms with Crippen LogP contribution in [-0.4, -0.2) is 41.5 Å². The molecule has 118 valence electrons. The number of ether oxygens (including phenoxy) is 1. The van der Waals surface area contributed by atoms with Crippen molar-refractivity contribution in [2.24, 2.45) is 4.99 Å². The van der Waals surface area contributed by atoms with Crippen molar-refractivity contribution in [3.63, 3.8) is 0 Å². The monoisotopic (exact) mass is 308 g/mol. The first kappa shape index (κ1) is 14.1. The Kier molecular flexibility index (Phi) is 3.66. The normalized spacial score (nSPS) is 22.7. The molecule has 1 aromatic carbocycles. The minimum Gasteiger partial charge on any atom is -0.473 e. The van der Waals surface area contributed by atoms with Crippen LogP contribution in [0.5, 0.6) is 0 Å². The highest BCUT2D eigenvalue weighted by Crippen LogP contribution is 2.32. The van der Waals surface area contributed by atoms with E-state index in [1.54, 1.807) is 6.07 Å². The maximum absolute atomic E-state index is 8.96. The number of benzene rings is 1. The molecule has 5 heteroatoms. The quantitative estimate of drug-likeness (QED) is 0.842. The third-order valence-electron chi connectivity index (χ3n) is 4.77. The molecule has 0 bridgehead atoms. The SMILES string of the molecule is N#Cc1cccc(COC2=NCN3CC4CCCCN4C3=C2)c1. The number of nitrogens with zero attached hydrogens (tertiary/aromatic N) is 4. The largest absolute Gasteiger partial charge is 0.473 e. The zero-order chi connectivity index (χ0) is 15.6. The molecule has 2 saturated heterocycles. The van der Waals surface area contributed by atoms with Gasteiger partial charge in [-0.1, -0.05) is 12.1 Å². The molecule has 3 aliphatic rings. The molecule has 0 aromatic heterocycles. The van der Waals surface area contributed by atoms with Gasteiger partial charge in [0.1, 0.15) is 19.1 Å². The fraction of sp³-hybridized carbons (Fsp3) is 0.444. The molecule has 23 heavy (non-hydrogen) atoms. The molecule has 2 fully saturated rings. The number of piperidine rings is 1. The molecule has 4 rings (SSSR count). The van der Waals surface area contributed by atoms with E-state index in [1.165, 1.54) is 25.1 Å². The van der Waals surface area contributed by atoms with Crippen molar-refractivity contribution < 1.29 is 4.74 Å². The van der Waals surface area contributed by atoms with Crippen molar-refractivity contribution in [2.75, 3.05) is 19.8 Å². The summed E-state index contributed by atoms with van der Waals surface area (Å²) in [6.45, 7) is 3.37. The second-order valence-electron chi connectivity index (χ2n) is 6.31. The molecule has 0 aliphatic carbocycles. The van der Waals surface area contributed by atoms with E-state index in [0.29, 0.717) is 30.8 Å². The lowest BCUT2D eigenvalue weighted by atomic mass is 10.0. The van der Waals surface area contributed by atoms with E-state index in [9.17, 15) is 0 Å². The van der Waals surface area contributed by atoms with Crippen molar-refractivity contribution >= 4 is 5.90 Å². The molecule has 0 radical (unpaired) electrons. The van der Waals surface area contributed by atoms with E-state index in [4.69, 9.17) is 10.00 Å². The van der Waals surface area contributed by atoms with Gasteiger partial charge in [-0.15, -0.1) is 0 Å². The van der Waals surface area contributed by atoms with Crippen LogP contribution < -0.4 is 0 Å². The smallest absolute Gasteiger partial charge is 0.214 e. The fourth-order valence-corrected chi connectivity index (χ4v) is 3.61. The van der Waals surface area contributed by atoms with Crippen molar-refractivity contribution in [3.05, 3.63) is 47.3 Å². The lowest BCUT2D eigenvalue weighted by Gasteiger charge is -2.32. The summed E-state index contributed by atoms with van der Waals surface area (Å²) in [5.41, 5.74) is 1.66. The van der Waals surface area contributed by atoms with Gasteiger partial charge in [0.25, 0.3) is 0 Å². The van der Waals surface area contributed by atoms with Crippen LogP contribution in [0.2, 0.25) is 0 Å². The van der Waals surface area contributed by atoms with Gasteiger partial charge in [0.2, 0.25) is 5.90 Å². The Labute approximate surface area is 136 Å². The zero-order valence-corrected chi connectivity index (χ0v) is 13.1. The molecule has 1 atom stereocenters. The van der Waals surface area contributed by atoms with Gasteiger partial charge in [0, 0.05) is 25.2 Å². The van der Waals surface area contributed by atoms with E-state index >= 15 is 0 Å². The van der Waals surface area contributed by atoms with E-state index < -0.39 is 0 Å². The van der Waals surface area contributed by atoms with Crippen molar-refractivity contribution in [3.8, 4) is 6.07 Å². The molecule has 1 aromatic rings. The Bertz CT molecular complexity index is 703. The summed E-state index contributed by atoms with van der Waals surface area (Å²) in [4.78, 5) is 9.40. The number of hydrogen-bond acceptors (Lipinski definition) is 5. The van der Waals surface area contributed by atoms with E-state index in [-0.39, 0.29) is 0 Å². The van der Waals surface area contributed by atoms with Crippen LogP contribution in [0.25, 0.3) is 0 Å². The topological polar surface area (TPSA) is 51.9 Å². The van der Waals surface area contributed by atoms with Gasteiger partial charge in [0.05, 0.1) is 11.6 Å². The van der Waals surface area contributed by atoms with Gasteiger partial charge in [-0.25, -0.2) is 4.99 Å². The second-order valence-corrected chi connectivity index (χ2v) is 6.31. The van der Waals surface area contributed by atoms with Crippen LogP contribution in [0.15, 0.2) is 41.2 Å². The maximum atomic E-state index is 8.96.